The minimum absolute atomic E-state index is 0.0652. The smallest absolute Gasteiger partial charge is 0.327 e. The maximum Gasteiger partial charge on any atom is 0.327 e. The van der Waals surface area contributed by atoms with Crippen molar-refractivity contribution in [2.45, 2.75) is 64.3 Å². The number of rotatable bonds is 8. The molecule has 8 nitrogen and oxygen atoms in total. The zero-order valence-corrected chi connectivity index (χ0v) is 20.7. The standard InChI is InChI=1S/C25H31N3O5S/c1-25(2)23(31)28(24(32)27(25)3)12-6-7-16(22(29)30)13-19(26-33)15-10-11-18-17-8-4-5-9-20(17)34-21(18)14-15/h10-11,14,16,33H,4-9,12-13H2,1-3H3,(H,29,30). The predicted molar refractivity (Wildman–Crippen MR) is 131 cm³/mol. The molecule has 2 aromatic rings. The highest BCUT2D eigenvalue weighted by Crippen LogP contribution is 2.37. The van der Waals surface area contributed by atoms with Crippen molar-refractivity contribution in [3.8, 4) is 0 Å². The highest BCUT2D eigenvalue weighted by molar-refractivity contribution is 7.19. The summed E-state index contributed by atoms with van der Waals surface area (Å²) >= 11 is 1.77. The van der Waals surface area contributed by atoms with Crippen molar-refractivity contribution in [3.63, 3.8) is 0 Å². The van der Waals surface area contributed by atoms with Crippen molar-refractivity contribution < 1.29 is 24.7 Å². The van der Waals surface area contributed by atoms with Crippen LogP contribution in [0.5, 0.6) is 0 Å². The molecule has 2 N–H and O–H groups in total. The van der Waals surface area contributed by atoms with Crippen LogP contribution in [-0.4, -0.2) is 62.9 Å². The molecule has 4 rings (SSSR count). The second kappa shape index (κ2) is 9.37. The average Bonchev–Trinajstić information content (AvgIpc) is 3.25. The number of imide groups is 1. The number of oxime groups is 1. The SMILES string of the molecule is CN1C(=O)N(CCCC(CC(=NO)c2ccc3c4c(sc3c2)CCCC4)C(=O)O)C(=O)C1(C)C. The third kappa shape index (κ3) is 4.29. The number of carbonyl (C=O) groups is 3. The van der Waals surface area contributed by atoms with E-state index < -0.39 is 17.4 Å². The lowest BCUT2D eigenvalue weighted by atomic mass is 9.92. The second-order valence-corrected chi connectivity index (χ2v) is 10.8. The van der Waals surface area contributed by atoms with E-state index in [1.807, 2.05) is 12.1 Å². The quantitative estimate of drug-likeness (QED) is 0.248. The van der Waals surface area contributed by atoms with E-state index in [0.29, 0.717) is 17.7 Å². The summed E-state index contributed by atoms with van der Waals surface area (Å²) in [5, 5.41) is 24.2. The molecular weight excluding hydrogens is 454 g/mol. The fourth-order valence-electron chi connectivity index (χ4n) is 4.88. The topological polar surface area (TPSA) is 111 Å². The molecule has 3 amide bonds. The van der Waals surface area contributed by atoms with Gasteiger partial charge in [-0.3, -0.25) is 14.5 Å². The third-order valence-electron chi connectivity index (χ3n) is 7.26. The highest BCUT2D eigenvalue weighted by Gasteiger charge is 2.48. The van der Waals surface area contributed by atoms with E-state index in [1.54, 1.807) is 32.2 Å². The number of fused-ring (bicyclic) bond motifs is 3. The van der Waals surface area contributed by atoms with Gasteiger partial charge in [-0.1, -0.05) is 17.3 Å². The van der Waals surface area contributed by atoms with Crippen LogP contribution in [0.4, 0.5) is 4.79 Å². The molecular formula is C25H31N3O5S. The molecule has 182 valence electrons. The molecule has 0 bridgehead atoms. The van der Waals surface area contributed by atoms with Crippen molar-refractivity contribution in [1.29, 1.82) is 0 Å². The van der Waals surface area contributed by atoms with Gasteiger partial charge < -0.3 is 15.2 Å². The van der Waals surface area contributed by atoms with Crippen LogP contribution in [-0.2, 0) is 22.4 Å². The largest absolute Gasteiger partial charge is 0.481 e. The normalized spacial score (nSPS) is 19.1. The third-order valence-corrected chi connectivity index (χ3v) is 8.51. The molecule has 1 aliphatic heterocycles. The van der Waals surface area contributed by atoms with Crippen LogP contribution in [0.1, 0.15) is 62.0 Å². The number of amides is 3. The van der Waals surface area contributed by atoms with Crippen LogP contribution in [0.2, 0.25) is 0 Å². The molecule has 34 heavy (non-hydrogen) atoms. The molecule has 1 atom stereocenters. The van der Waals surface area contributed by atoms with Gasteiger partial charge in [-0.15, -0.1) is 11.3 Å². The number of hydrogen-bond donors (Lipinski definition) is 2. The lowest BCUT2D eigenvalue weighted by Gasteiger charge is -2.22. The number of urea groups is 1. The highest BCUT2D eigenvalue weighted by atomic mass is 32.1. The Morgan fingerprint density at radius 3 is 2.62 bits per heavy atom. The number of carboxylic acids is 1. The first-order chi connectivity index (χ1) is 16.1. The van der Waals surface area contributed by atoms with Crippen LogP contribution in [0.3, 0.4) is 0 Å². The minimum atomic E-state index is -0.995. The van der Waals surface area contributed by atoms with E-state index in [2.05, 4.69) is 11.2 Å². The van der Waals surface area contributed by atoms with Crippen molar-refractivity contribution >= 4 is 45.0 Å². The van der Waals surface area contributed by atoms with E-state index >= 15 is 0 Å². The summed E-state index contributed by atoms with van der Waals surface area (Å²) in [7, 11) is 1.59. The number of aliphatic carboxylic acids is 1. The molecule has 1 aromatic heterocycles. The number of benzene rings is 1. The summed E-state index contributed by atoms with van der Waals surface area (Å²) in [5.41, 5.74) is 1.56. The van der Waals surface area contributed by atoms with Crippen molar-refractivity contribution in [3.05, 3.63) is 34.2 Å². The Morgan fingerprint density at radius 1 is 1.24 bits per heavy atom. The lowest BCUT2D eigenvalue weighted by molar-refractivity contribution is -0.141. The summed E-state index contributed by atoms with van der Waals surface area (Å²) < 4.78 is 1.13. The maximum absolute atomic E-state index is 12.5. The molecule has 1 aliphatic carbocycles. The number of thiophene rings is 1. The van der Waals surface area contributed by atoms with Crippen LogP contribution < -0.4 is 0 Å². The van der Waals surface area contributed by atoms with E-state index in [-0.39, 0.29) is 31.3 Å². The van der Waals surface area contributed by atoms with Gasteiger partial charge in [0.25, 0.3) is 5.91 Å². The van der Waals surface area contributed by atoms with E-state index in [4.69, 9.17) is 0 Å². The molecule has 9 heteroatoms. The first kappa shape index (κ1) is 24.2. The molecule has 1 unspecified atom stereocenters. The molecule has 0 spiro atoms. The number of hydrogen-bond acceptors (Lipinski definition) is 6. The van der Waals surface area contributed by atoms with Crippen molar-refractivity contribution in [2.24, 2.45) is 11.1 Å². The predicted octanol–water partition coefficient (Wildman–Crippen LogP) is 4.50. The second-order valence-electron chi connectivity index (χ2n) is 9.71. The Labute approximate surface area is 202 Å². The van der Waals surface area contributed by atoms with Crippen LogP contribution in [0.15, 0.2) is 23.4 Å². The summed E-state index contributed by atoms with van der Waals surface area (Å²) in [6, 6.07) is 5.57. The zero-order chi connectivity index (χ0) is 24.6. The van der Waals surface area contributed by atoms with E-state index in [9.17, 15) is 24.7 Å². The number of likely N-dealkylation sites (N-methyl/N-ethyl adjacent to an activating group) is 1. The molecule has 2 aliphatic rings. The van der Waals surface area contributed by atoms with Gasteiger partial charge in [0.05, 0.1) is 11.6 Å². The maximum atomic E-state index is 12.5. The van der Waals surface area contributed by atoms with Gasteiger partial charge in [-0.25, -0.2) is 4.79 Å². The summed E-state index contributed by atoms with van der Waals surface area (Å²) in [6.45, 7) is 3.55. The molecule has 1 saturated heterocycles. The molecule has 0 saturated carbocycles. The Hall–Kier alpha value is -2.94. The molecule has 2 heterocycles. The Morgan fingerprint density at radius 2 is 1.97 bits per heavy atom. The minimum Gasteiger partial charge on any atom is -0.481 e. The fourth-order valence-corrected chi connectivity index (χ4v) is 6.21. The van der Waals surface area contributed by atoms with Crippen LogP contribution >= 0.6 is 11.3 Å². The summed E-state index contributed by atoms with van der Waals surface area (Å²) in [4.78, 5) is 40.9. The molecule has 1 fully saturated rings. The van der Waals surface area contributed by atoms with Crippen molar-refractivity contribution in [1.82, 2.24) is 9.80 Å². The van der Waals surface area contributed by atoms with Gasteiger partial charge in [0.1, 0.15) is 5.54 Å². The van der Waals surface area contributed by atoms with Gasteiger partial charge in [-0.05, 0) is 69.4 Å². The summed E-state index contributed by atoms with van der Waals surface area (Å²) in [5.74, 6) is -2.07. The van der Waals surface area contributed by atoms with Crippen LogP contribution in [0.25, 0.3) is 10.1 Å². The number of aryl methyl sites for hydroxylation is 2. The summed E-state index contributed by atoms with van der Waals surface area (Å²) in [6.07, 6.45) is 5.27. The molecule has 0 radical (unpaired) electrons. The van der Waals surface area contributed by atoms with Gasteiger partial charge in [0.2, 0.25) is 0 Å². The van der Waals surface area contributed by atoms with Gasteiger partial charge >= 0.3 is 12.0 Å². The Bertz CT molecular complexity index is 1170. The first-order valence-electron chi connectivity index (χ1n) is 11.7. The lowest BCUT2D eigenvalue weighted by Crippen LogP contribution is -2.41. The van der Waals surface area contributed by atoms with E-state index in [0.717, 1.165) is 17.5 Å². The van der Waals surface area contributed by atoms with Gasteiger partial charge in [0.15, 0.2) is 0 Å². The van der Waals surface area contributed by atoms with Crippen molar-refractivity contribution in [2.75, 3.05) is 13.6 Å². The zero-order valence-electron chi connectivity index (χ0n) is 19.8. The van der Waals surface area contributed by atoms with Gasteiger partial charge in [-0.2, -0.15) is 0 Å². The monoisotopic (exact) mass is 485 g/mol. The average molecular weight is 486 g/mol. The number of carboxylic acid groups (broad SMARTS) is 1. The molecule has 1 aromatic carbocycles. The fraction of sp³-hybridized carbons (Fsp3) is 0.520. The van der Waals surface area contributed by atoms with Crippen LogP contribution in [0, 0.1) is 5.92 Å². The Kier molecular flexibility index (Phi) is 6.66. The van der Waals surface area contributed by atoms with E-state index in [1.165, 1.54) is 38.5 Å². The number of carbonyl (C=O) groups excluding carboxylic acids is 2. The number of nitrogens with zero attached hydrogens (tertiary/aromatic N) is 3. The Balaban J connectivity index is 1.44. The first-order valence-corrected chi connectivity index (χ1v) is 12.5. The van der Waals surface area contributed by atoms with Gasteiger partial charge in [0, 0.05) is 35.2 Å².